The van der Waals surface area contributed by atoms with Crippen LogP contribution in [0.15, 0.2) is 0 Å². The number of hydrogen-bond donors (Lipinski definition) is 0. The van der Waals surface area contributed by atoms with Gasteiger partial charge in [0, 0.05) is 13.0 Å². The molecule has 0 aliphatic carbocycles. The first-order chi connectivity index (χ1) is 5.33. The summed E-state index contributed by atoms with van der Waals surface area (Å²) < 4.78 is 5.41. The van der Waals surface area contributed by atoms with E-state index in [1.54, 1.807) is 0 Å². The molecule has 2 heteroatoms. The second kappa shape index (κ2) is 4.35. The molecule has 2 unspecified atom stereocenters. The van der Waals surface area contributed by atoms with Gasteiger partial charge < -0.3 is 4.74 Å². The summed E-state index contributed by atoms with van der Waals surface area (Å²) in [5.41, 5.74) is 0. The molecule has 0 aromatic heterocycles. The van der Waals surface area contributed by atoms with Gasteiger partial charge in [-0.3, -0.25) is 0 Å². The van der Waals surface area contributed by atoms with Crippen LogP contribution in [0.1, 0.15) is 32.6 Å². The summed E-state index contributed by atoms with van der Waals surface area (Å²) in [7, 11) is 0. The van der Waals surface area contributed by atoms with Crippen LogP contribution in [-0.4, -0.2) is 12.7 Å². The van der Waals surface area contributed by atoms with E-state index in [0.717, 1.165) is 31.8 Å². The molecule has 0 N–H and O–H groups in total. The van der Waals surface area contributed by atoms with E-state index < -0.39 is 0 Å². The summed E-state index contributed by atoms with van der Waals surface area (Å²) in [6.45, 7) is 3.00. The van der Waals surface area contributed by atoms with Gasteiger partial charge in [-0.1, -0.05) is 0 Å². The van der Waals surface area contributed by atoms with Crippen molar-refractivity contribution in [2.75, 3.05) is 6.61 Å². The van der Waals surface area contributed by atoms with Gasteiger partial charge in [0.25, 0.3) is 0 Å². The highest BCUT2D eigenvalue weighted by atomic mass is 16.5. The van der Waals surface area contributed by atoms with Crippen LogP contribution in [0.2, 0.25) is 0 Å². The zero-order valence-corrected chi connectivity index (χ0v) is 7.05. The van der Waals surface area contributed by atoms with Crippen molar-refractivity contribution in [2.24, 2.45) is 5.92 Å². The van der Waals surface area contributed by atoms with Gasteiger partial charge in [0.1, 0.15) is 0 Å². The average Bonchev–Trinajstić information content (AvgIpc) is 2.01. The van der Waals surface area contributed by atoms with Crippen LogP contribution >= 0.6 is 0 Å². The summed E-state index contributed by atoms with van der Waals surface area (Å²) in [6, 6.07) is 2.19. The van der Waals surface area contributed by atoms with Gasteiger partial charge in [0.2, 0.25) is 0 Å². The minimum Gasteiger partial charge on any atom is -0.378 e. The molecule has 11 heavy (non-hydrogen) atoms. The highest BCUT2D eigenvalue weighted by Gasteiger charge is 2.18. The van der Waals surface area contributed by atoms with Crippen molar-refractivity contribution in [1.82, 2.24) is 0 Å². The topological polar surface area (TPSA) is 33.0 Å². The summed E-state index contributed by atoms with van der Waals surface area (Å²) in [5, 5.41) is 8.38. The highest BCUT2D eigenvalue weighted by molar-refractivity contribution is 4.75. The number of nitrogens with zero attached hydrogens (tertiary/aromatic N) is 1. The van der Waals surface area contributed by atoms with Crippen molar-refractivity contribution in [3.63, 3.8) is 0 Å². The maximum atomic E-state index is 8.38. The molecular weight excluding hydrogens is 138 g/mol. The lowest BCUT2D eigenvalue weighted by atomic mass is 9.92. The monoisotopic (exact) mass is 153 g/mol. The predicted octanol–water partition coefficient (Wildman–Crippen LogP) is 2.11. The Morgan fingerprint density at radius 2 is 2.45 bits per heavy atom. The lowest BCUT2D eigenvalue weighted by Crippen LogP contribution is -2.22. The SMILES string of the molecule is CC1CC(CCC#N)CCO1. The molecule has 0 spiro atoms. The van der Waals surface area contributed by atoms with E-state index in [4.69, 9.17) is 10.00 Å². The quantitative estimate of drug-likeness (QED) is 0.608. The Morgan fingerprint density at radius 3 is 3.09 bits per heavy atom. The third-order valence-corrected chi connectivity index (χ3v) is 2.26. The van der Waals surface area contributed by atoms with E-state index in [-0.39, 0.29) is 0 Å². The van der Waals surface area contributed by atoms with Gasteiger partial charge in [-0.05, 0) is 32.1 Å². The van der Waals surface area contributed by atoms with E-state index >= 15 is 0 Å². The molecule has 1 saturated heterocycles. The largest absolute Gasteiger partial charge is 0.378 e. The first-order valence-electron chi connectivity index (χ1n) is 4.31. The fourth-order valence-corrected chi connectivity index (χ4v) is 1.62. The molecule has 62 valence electrons. The lowest BCUT2D eigenvalue weighted by molar-refractivity contribution is 0.00120. The van der Waals surface area contributed by atoms with Crippen LogP contribution < -0.4 is 0 Å². The van der Waals surface area contributed by atoms with Gasteiger partial charge in [0.05, 0.1) is 12.2 Å². The molecule has 1 fully saturated rings. The minimum atomic E-state index is 0.410. The van der Waals surface area contributed by atoms with E-state index in [2.05, 4.69) is 13.0 Å². The molecule has 1 heterocycles. The van der Waals surface area contributed by atoms with Gasteiger partial charge in [-0.25, -0.2) is 0 Å². The molecule has 0 radical (unpaired) electrons. The molecule has 0 aromatic rings. The van der Waals surface area contributed by atoms with Gasteiger partial charge in [-0.15, -0.1) is 0 Å². The van der Waals surface area contributed by atoms with E-state index in [9.17, 15) is 0 Å². The van der Waals surface area contributed by atoms with Crippen LogP contribution in [0.25, 0.3) is 0 Å². The fourth-order valence-electron chi connectivity index (χ4n) is 1.62. The van der Waals surface area contributed by atoms with Crippen molar-refractivity contribution in [3.8, 4) is 6.07 Å². The molecule has 2 atom stereocenters. The lowest BCUT2D eigenvalue weighted by Gasteiger charge is -2.26. The predicted molar refractivity (Wildman–Crippen MR) is 43.0 cm³/mol. The Hall–Kier alpha value is -0.550. The fraction of sp³-hybridized carbons (Fsp3) is 0.889. The van der Waals surface area contributed by atoms with Crippen LogP contribution in [-0.2, 0) is 4.74 Å². The summed E-state index contributed by atoms with van der Waals surface area (Å²) in [4.78, 5) is 0. The molecular formula is C9H15NO. The van der Waals surface area contributed by atoms with Gasteiger partial charge in [0.15, 0.2) is 0 Å². The zero-order chi connectivity index (χ0) is 8.10. The van der Waals surface area contributed by atoms with Gasteiger partial charge >= 0.3 is 0 Å². The van der Waals surface area contributed by atoms with Crippen LogP contribution in [0.4, 0.5) is 0 Å². The Kier molecular flexibility index (Phi) is 3.38. The molecule has 2 nitrogen and oxygen atoms in total. The molecule has 0 saturated carbocycles. The van der Waals surface area contributed by atoms with Crippen molar-refractivity contribution in [1.29, 1.82) is 5.26 Å². The summed E-state index contributed by atoms with van der Waals surface area (Å²) in [6.07, 6.45) is 4.46. The zero-order valence-electron chi connectivity index (χ0n) is 7.05. The van der Waals surface area contributed by atoms with Crippen LogP contribution in [0.5, 0.6) is 0 Å². The number of rotatable bonds is 2. The summed E-state index contributed by atoms with van der Waals surface area (Å²) in [5.74, 6) is 0.735. The molecule has 0 amide bonds. The summed E-state index contributed by atoms with van der Waals surface area (Å²) >= 11 is 0. The van der Waals surface area contributed by atoms with Gasteiger partial charge in [-0.2, -0.15) is 5.26 Å². The average molecular weight is 153 g/mol. The number of nitriles is 1. The second-order valence-electron chi connectivity index (χ2n) is 3.27. The van der Waals surface area contributed by atoms with E-state index in [0.29, 0.717) is 12.5 Å². The van der Waals surface area contributed by atoms with Crippen molar-refractivity contribution >= 4 is 0 Å². The second-order valence-corrected chi connectivity index (χ2v) is 3.27. The van der Waals surface area contributed by atoms with Crippen molar-refractivity contribution in [3.05, 3.63) is 0 Å². The minimum absolute atomic E-state index is 0.410. The Morgan fingerprint density at radius 1 is 1.64 bits per heavy atom. The van der Waals surface area contributed by atoms with Crippen LogP contribution in [0, 0.1) is 17.2 Å². The molecule has 1 aliphatic rings. The molecule has 0 bridgehead atoms. The smallest absolute Gasteiger partial charge is 0.0621 e. The maximum absolute atomic E-state index is 8.38. The maximum Gasteiger partial charge on any atom is 0.0621 e. The van der Waals surface area contributed by atoms with Crippen LogP contribution in [0.3, 0.4) is 0 Å². The molecule has 1 aliphatic heterocycles. The Bertz CT molecular complexity index is 150. The third kappa shape index (κ3) is 2.90. The number of ether oxygens (including phenoxy) is 1. The van der Waals surface area contributed by atoms with E-state index in [1.165, 1.54) is 0 Å². The first-order valence-corrected chi connectivity index (χ1v) is 4.31. The highest BCUT2D eigenvalue weighted by Crippen LogP contribution is 2.23. The number of hydrogen-bond acceptors (Lipinski definition) is 2. The standard InChI is InChI=1S/C9H15NO/c1-8-7-9(3-2-5-10)4-6-11-8/h8-9H,2-4,6-7H2,1H3. The van der Waals surface area contributed by atoms with E-state index in [1.807, 2.05) is 0 Å². The Labute approximate surface area is 68.2 Å². The van der Waals surface area contributed by atoms with Crippen molar-refractivity contribution < 1.29 is 4.74 Å². The van der Waals surface area contributed by atoms with Crippen molar-refractivity contribution in [2.45, 2.75) is 38.7 Å². The molecule has 1 rings (SSSR count). The Balaban J connectivity index is 2.18. The first kappa shape index (κ1) is 8.55. The third-order valence-electron chi connectivity index (χ3n) is 2.26. The normalized spacial score (nSPS) is 31.3. The molecule has 0 aromatic carbocycles.